The molecule has 5 heteroatoms. The third-order valence-corrected chi connectivity index (χ3v) is 5.11. The summed E-state index contributed by atoms with van der Waals surface area (Å²) < 4.78 is 0. The van der Waals surface area contributed by atoms with Gasteiger partial charge in [0, 0.05) is 29.9 Å². The lowest BCUT2D eigenvalue weighted by Crippen LogP contribution is -2.38. The van der Waals surface area contributed by atoms with E-state index in [-0.39, 0.29) is 0 Å². The van der Waals surface area contributed by atoms with E-state index in [4.69, 9.17) is 4.99 Å². The van der Waals surface area contributed by atoms with E-state index in [1.54, 1.807) is 0 Å². The minimum Gasteiger partial charge on any atom is -0.357 e. The monoisotopic (exact) mass is 338 g/mol. The molecule has 1 heterocycles. The SMILES string of the molecule is CCNC(=NCC(C)c1cccs1)NCCCCN(C)C(C)C. The minimum absolute atomic E-state index is 0.477. The van der Waals surface area contributed by atoms with Crippen LogP contribution in [-0.2, 0) is 0 Å². The van der Waals surface area contributed by atoms with Crippen LogP contribution in [0.2, 0.25) is 0 Å². The molecule has 1 rings (SSSR count). The zero-order valence-corrected chi connectivity index (χ0v) is 16.2. The first kappa shape index (κ1) is 20.0. The highest BCUT2D eigenvalue weighted by molar-refractivity contribution is 7.10. The van der Waals surface area contributed by atoms with E-state index in [2.05, 4.69) is 67.8 Å². The average molecular weight is 339 g/mol. The van der Waals surface area contributed by atoms with Gasteiger partial charge in [-0.3, -0.25) is 4.99 Å². The highest BCUT2D eigenvalue weighted by Crippen LogP contribution is 2.20. The Kier molecular flexibility index (Phi) is 9.96. The van der Waals surface area contributed by atoms with Gasteiger partial charge in [0.25, 0.3) is 0 Å². The van der Waals surface area contributed by atoms with Gasteiger partial charge in [0.2, 0.25) is 0 Å². The molecule has 0 saturated heterocycles. The van der Waals surface area contributed by atoms with Crippen molar-refractivity contribution < 1.29 is 0 Å². The van der Waals surface area contributed by atoms with Crippen LogP contribution in [0.5, 0.6) is 0 Å². The van der Waals surface area contributed by atoms with Crippen molar-refractivity contribution >= 4 is 17.3 Å². The summed E-state index contributed by atoms with van der Waals surface area (Å²) in [4.78, 5) is 8.52. The van der Waals surface area contributed by atoms with Crippen molar-refractivity contribution in [3.05, 3.63) is 22.4 Å². The van der Waals surface area contributed by atoms with Crippen molar-refractivity contribution in [1.82, 2.24) is 15.5 Å². The molecule has 132 valence electrons. The molecule has 1 atom stereocenters. The fourth-order valence-corrected chi connectivity index (χ4v) is 2.96. The van der Waals surface area contributed by atoms with Crippen LogP contribution in [0.1, 0.15) is 51.3 Å². The van der Waals surface area contributed by atoms with E-state index in [9.17, 15) is 0 Å². The van der Waals surface area contributed by atoms with Gasteiger partial charge in [-0.2, -0.15) is 0 Å². The van der Waals surface area contributed by atoms with Crippen LogP contribution in [0.3, 0.4) is 0 Å². The first-order valence-corrected chi connectivity index (χ1v) is 9.68. The van der Waals surface area contributed by atoms with Gasteiger partial charge in [0.15, 0.2) is 5.96 Å². The second-order valence-corrected chi connectivity index (χ2v) is 7.32. The van der Waals surface area contributed by atoms with Crippen LogP contribution in [0, 0.1) is 0 Å². The van der Waals surface area contributed by atoms with Crippen LogP contribution in [-0.4, -0.2) is 50.1 Å². The standard InChI is InChI=1S/C18H34N4S/c1-6-19-18(20-11-7-8-12-22(5)15(2)3)21-14-16(4)17-10-9-13-23-17/h9-10,13,15-16H,6-8,11-12,14H2,1-5H3,(H2,19,20,21). The van der Waals surface area contributed by atoms with Crippen molar-refractivity contribution in [2.24, 2.45) is 4.99 Å². The Morgan fingerprint density at radius 2 is 2.04 bits per heavy atom. The summed E-state index contributed by atoms with van der Waals surface area (Å²) in [7, 11) is 2.19. The molecule has 0 bridgehead atoms. The third-order valence-electron chi connectivity index (χ3n) is 4.01. The summed E-state index contributed by atoms with van der Waals surface area (Å²) in [5, 5.41) is 8.91. The summed E-state index contributed by atoms with van der Waals surface area (Å²) in [6.45, 7) is 12.7. The van der Waals surface area contributed by atoms with Gasteiger partial charge >= 0.3 is 0 Å². The van der Waals surface area contributed by atoms with Crippen molar-refractivity contribution in [1.29, 1.82) is 0 Å². The van der Waals surface area contributed by atoms with Crippen molar-refractivity contribution in [3.63, 3.8) is 0 Å². The topological polar surface area (TPSA) is 39.7 Å². The smallest absolute Gasteiger partial charge is 0.191 e. The maximum absolute atomic E-state index is 4.72. The van der Waals surface area contributed by atoms with E-state index in [0.717, 1.165) is 32.1 Å². The summed E-state index contributed by atoms with van der Waals surface area (Å²) >= 11 is 1.81. The van der Waals surface area contributed by atoms with E-state index in [1.807, 2.05) is 11.3 Å². The Bertz CT molecular complexity index is 428. The lowest BCUT2D eigenvalue weighted by molar-refractivity contribution is 0.268. The van der Waals surface area contributed by atoms with Crippen LogP contribution < -0.4 is 10.6 Å². The largest absolute Gasteiger partial charge is 0.357 e. The molecule has 0 radical (unpaired) electrons. The maximum Gasteiger partial charge on any atom is 0.191 e. The van der Waals surface area contributed by atoms with Crippen LogP contribution in [0.4, 0.5) is 0 Å². The lowest BCUT2D eigenvalue weighted by Gasteiger charge is -2.20. The molecular formula is C18H34N4S. The summed E-state index contributed by atoms with van der Waals surface area (Å²) in [6.07, 6.45) is 2.38. The van der Waals surface area contributed by atoms with E-state index in [0.29, 0.717) is 12.0 Å². The second kappa shape index (κ2) is 11.5. The molecule has 2 N–H and O–H groups in total. The second-order valence-electron chi connectivity index (χ2n) is 6.34. The zero-order chi connectivity index (χ0) is 17.1. The molecule has 0 aliphatic rings. The number of guanidine groups is 1. The molecule has 1 aromatic rings. The molecule has 4 nitrogen and oxygen atoms in total. The number of thiophene rings is 1. The molecule has 0 amide bonds. The number of rotatable bonds is 10. The Labute approximate surface area is 146 Å². The highest BCUT2D eigenvalue weighted by atomic mass is 32.1. The van der Waals surface area contributed by atoms with Crippen LogP contribution >= 0.6 is 11.3 Å². The van der Waals surface area contributed by atoms with E-state index in [1.165, 1.54) is 17.7 Å². The van der Waals surface area contributed by atoms with Gasteiger partial charge in [-0.05, 0) is 58.7 Å². The maximum atomic E-state index is 4.72. The Morgan fingerprint density at radius 1 is 1.26 bits per heavy atom. The number of hydrogen-bond donors (Lipinski definition) is 2. The van der Waals surface area contributed by atoms with Gasteiger partial charge in [0.1, 0.15) is 0 Å². The fourth-order valence-electron chi connectivity index (χ4n) is 2.18. The number of aliphatic imine (C=N–C) groups is 1. The van der Waals surface area contributed by atoms with Crippen molar-refractivity contribution in [2.45, 2.75) is 52.5 Å². The summed E-state index contributed by atoms with van der Waals surface area (Å²) in [5.41, 5.74) is 0. The van der Waals surface area contributed by atoms with Crippen molar-refractivity contribution in [3.8, 4) is 0 Å². The Morgan fingerprint density at radius 3 is 2.65 bits per heavy atom. The molecule has 23 heavy (non-hydrogen) atoms. The fraction of sp³-hybridized carbons (Fsp3) is 0.722. The molecule has 1 unspecified atom stereocenters. The quantitative estimate of drug-likeness (QED) is 0.389. The Hall–Kier alpha value is -1.07. The predicted octanol–water partition coefficient (Wildman–Crippen LogP) is 3.53. The zero-order valence-electron chi connectivity index (χ0n) is 15.4. The Balaban J connectivity index is 2.29. The molecule has 1 aromatic heterocycles. The van der Waals surface area contributed by atoms with E-state index < -0.39 is 0 Å². The molecule has 0 aromatic carbocycles. The normalized spacial score (nSPS) is 13.6. The van der Waals surface area contributed by atoms with Crippen molar-refractivity contribution in [2.75, 3.05) is 33.2 Å². The number of unbranched alkanes of at least 4 members (excludes halogenated alkanes) is 1. The summed E-state index contributed by atoms with van der Waals surface area (Å²) in [6, 6.07) is 4.93. The third kappa shape index (κ3) is 8.37. The molecular weight excluding hydrogens is 304 g/mol. The van der Waals surface area contributed by atoms with Gasteiger partial charge in [-0.25, -0.2) is 0 Å². The molecule has 0 spiro atoms. The number of nitrogens with one attached hydrogen (secondary N) is 2. The first-order chi connectivity index (χ1) is 11.0. The van der Waals surface area contributed by atoms with Gasteiger partial charge in [-0.15, -0.1) is 11.3 Å². The van der Waals surface area contributed by atoms with Gasteiger partial charge in [-0.1, -0.05) is 13.0 Å². The molecule has 0 aliphatic carbocycles. The first-order valence-electron chi connectivity index (χ1n) is 8.80. The molecule has 0 saturated carbocycles. The highest BCUT2D eigenvalue weighted by Gasteiger charge is 2.06. The van der Waals surface area contributed by atoms with Gasteiger partial charge in [0.05, 0.1) is 6.54 Å². The molecule has 0 fully saturated rings. The summed E-state index contributed by atoms with van der Waals surface area (Å²) in [5.74, 6) is 1.42. The lowest BCUT2D eigenvalue weighted by atomic mass is 10.1. The molecule has 0 aliphatic heterocycles. The predicted molar refractivity (Wildman–Crippen MR) is 104 cm³/mol. The van der Waals surface area contributed by atoms with Crippen LogP contribution in [0.25, 0.3) is 0 Å². The average Bonchev–Trinajstić information content (AvgIpc) is 3.05. The minimum atomic E-state index is 0.477. The number of hydrogen-bond acceptors (Lipinski definition) is 3. The van der Waals surface area contributed by atoms with Gasteiger partial charge < -0.3 is 15.5 Å². The number of nitrogens with zero attached hydrogens (tertiary/aromatic N) is 2. The van der Waals surface area contributed by atoms with E-state index >= 15 is 0 Å². The van der Waals surface area contributed by atoms with Crippen LogP contribution in [0.15, 0.2) is 22.5 Å².